The third-order valence-corrected chi connectivity index (χ3v) is 10.7. The van der Waals surface area contributed by atoms with Crippen LogP contribution in [0.3, 0.4) is 0 Å². The Kier molecular flexibility index (Phi) is 4.96. The first kappa shape index (κ1) is 25.2. The Hall–Kier alpha value is -6.04. The van der Waals surface area contributed by atoms with E-state index in [1.54, 1.807) is 11.3 Å². The van der Waals surface area contributed by atoms with Crippen LogP contribution in [0.5, 0.6) is 0 Å². The molecule has 11 rings (SSSR count). The zero-order valence-electron chi connectivity index (χ0n) is 24.9. The molecule has 218 valence electrons. The van der Waals surface area contributed by atoms with Crippen molar-refractivity contribution < 1.29 is 4.42 Å². The van der Waals surface area contributed by atoms with Crippen LogP contribution >= 0.6 is 11.3 Å². The van der Waals surface area contributed by atoms with E-state index in [4.69, 9.17) is 14.4 Å². The number of benzene rings is 7. The Morgan fingerprint density at radius 3 is 2.15 bits per heavy atom. The molecule has 7 aromatic carbocycles. The third-order valence-electron chi connectivity index (χ3n) is 9.58. The summed E-state index contributed by atoms with van der Waals surface area (Å²) in [6, 6.07) is 49.4. The summed E-state index contributed by atoms with van der Waals surface area (Å²) in [6.45, 7) is 0. The van der Waals surface area contributed by atoms with Gasteiger partial charge in [-0.2, -0.15) is 0 Å². The van der Waals surface area contributed by atoms with Gasteiger partial charge < -0.3 is 4.42 Å². The van der Waals surface area contributed by atoms with E-state index < -0.39 is 0 Å². The Balaban J connectivity index is 1.33. The second kappa shape index (κ2) is 9.25. The fraction of sp³-hybridized carbons (Fsp3) is 0. The van der Waals surface area contributed by atoms with Gasteiger partial charge in [-0.25, -0.2) is 9.97 Å². The zero-order chi connectivity index (χ0) is 30.6. The van der Waals surface area contributed by atoms with E-state index in [0.717, 1.165) is 60.0 Å². The molecule has 11 aromatic rings. The van der Waals surface area contributed by atoms with Crippen molar-refractivity contribution in [1.29, 1.82) is 0 Å². The maximum Gasteiger partial charge on any atom is 0.166 e. The Morgan fingerprint density at radius 2 is 1.26 bits per heavy atom. The fourth-order valence-electron chi connectivity index (χ4n) is 7.47. The number of para-hydroxylation sites is 2. The van der Waals surface area contributed by atoms with Crippen molar-refractivity contribution in [2.75, 3.05) is 0 Å². The summed E-state index contributed by atoms with van der Waals surface area (Å²) in [5.41, 5.74) is 5.75. The summed E-state index contributed by atoms with van der Waals surface area (Å²) in [7, 11) is 0. The summed E-state index contributed by atoms with van der Waals surface area (Å²) in [5, 5.41) is 10.6. The smallest absolute Gasteiger partial charge is 0.166 e. The highest BCUT2D eigenvalue weighted by Crippen LogP contribution is 2.44. The highest BCUT2D eigenvalue weighted by atomic mass is 32.1. The first-order chi connectivity index (χ1) is 23.3. The van der Waals surface area contributed by atoms with Crippen LogP contribution in [0.25, 0.3) is 103 Å². The molecule has 0 N–H and O–H groups in total. The van der Waals surface area contributed by atoms with Crippen molar-refractivity contribution in [2.45, 2.75) is 0 Å². The molecule has 0 aliphatic heterocycles. The SMILES string of the molecule is c1ccc2cc3c(cc2c1)c1c2ccccc2ccc1n3-c1nc(-c2cccc3c2oc2ccccc23)nc2c1sc1ccccc12. The van der Waals surface area contributed by atoms with Gasteiger partial charge in [0.2, 0.25) is 0 Å². The largest absolute Gasteiger partial charge is 0.455 e. The second-order valence-corrected chi connectivity index (χ2v) is 13.2. The molecular formula is C42H23N3OS. The normalized spacial score (nSPS) is 12.3. The van der Waals surface area contributed by atoms with Gasteiger partial charge in [0, 0.05) is 31.6 Å². The predicted octanol–water partition coefficient (Wildman–Crippen LogP) is 11.8. The molecule has 4 aromatic heterocycles. The summed E-state index contributed by atoms with van der Waals surface area (Å²) in [6.07, 6.45) is 0. The van der Waals surface area contributed by atoms with Crippen LogP contribution in [0.15, 0.2) is 144 Å². The van der Waals surface area contributed by atoms with E-state index >= 15 is 0 Å². The summed E-state index contributed by atoms with van der Waals surface area (Å²) >= 11 is 1.75. The van der Waals surface area contributed by atoms with Crippen molar-refractivity contribution in [3.05, 3.63) is 140 Å². The molecule has 4 heterocycles. The minimum Gasteiger partial charge on any atom is -0.455 e. The Morgan fingerprint density at radius 1 is 0.532 bits per heavy atom. The van der Waals surface area contributed by atoms with E-state index in [9.17, 15) is 0 Å². The Bertz CT molecular complexity index is 3090. The number of fused-ring (bicyclic) bond motifs is 12. The Labute approximate surface area is 271 Å². The molecule has 0 spiro atoms. The van der Waals surface area contributed by atoms with Gasteiger partial charge >= 0.3 is 0 Å². The molecule has 0 saturated carbocycles. The summed E-state index contributed by atoms with van der Waals surface area (Å²) in [4.78, 5) is 10.8. The lowest BCUT2D eigenvalue weighted by Gasteiger charge is -2.11. The molecule has 0 saturated heterocycles. The lowest BCUT2D eigenvalue weighted by atomic mass is 10.0. The quantitative estimate of drug-likeness (QED) is 0.194. The molecule has 47 heavy (non-hydrogen) atoms. The molecule has 4 nitrogen and oxygen atoms in total. The van der Waals surface area contributed by atoms with Gasteiger partial charge in [0.15, 0.2) is 11.6 Å². The van der Waals surface area contributed by atoms with Crippen molar-refractivity contribution in [1.82, 2.24) is 14.5 Å². The third kappa shape index (κ3) is 3.46. The van der Waals surface area contributed by atoms with Crippen LogP contribution < -0.4 is 0 Å². The van der Waals surface area contributed by atoms with Gasteiger partial charge in [0.25, 0.3) is 0 Å². The van der Waals surface area contributed by atoms with Crippen LogP contribution in [0, 0.1) is 0 Å². The molecule has 0 radical (unpaired) electrons. The highest BCUT2D eigenvalue weighted by molar-refractivity contribution is 7.26. The van der Waals surface area contributed by atoms with E-state index in [1.807, 2.05) is 12.1 Å². The molecule has 0 aliphatic carbocycles. The number of rotatable bonds is 2. The van der Waals surface area contributed by atoms with E-state index in [1.165, 1.54) is 37.0 Å². The molecule has 0 aliphatic rings. The molecule has 0 atom stereocenters. The van der Waals surface area contributed by atoms with Gasteiger partial charge in [-0.1, -0.05) is 103 Å². The monoisotopic (exact) mass is 617 g/mol. The van der Waals surface area contributed by atoms with Gasteiger partial charge in [-0.05, 0) is 57.9 Å². The van der Waals surface area contributed by atoms with Crippen molar-refractivity contribution >= 4 is 96.9 Å². The minimum atomic E-state index is 0.650. The molecule has 0 unspecified atom stereocenters. The average Bonchev–Trinajstić information content (AvgIpc) is 3.80. The van der Waals surface area contributed by atoms with E-state index in [0.29, 0.717) is 5.82 Å². The van der Waals surface area contributed by atoms with Crippen molar-refractivity contribution in [3.63, 3.8) is 0 Å². The summed E-state index contributed by atoms with van der Waals surface area (Å²) < 4.78 is 11.1. The maximum atomic E-state index is 6.50. The molecule has 0 fully saturated rings. The lowest BCUT2D eigenvalue weighted by Crippen LogP contribution is -2.01. The second-order valence-electron chi connectivity index (χ2n) is 12.2. The van der Waals surface area contributed by atoms with Crippen LogP contribution in [0.2, 0.25) is 0 Å². The average molecular weight is 618 g/mol. The number of hydrogen-bond donors (Lipinski definition) is 0. The minimum absolute atomic E-state index is 0.650. The molecule has 0 bridgehead atoms. The maximum absolute atomic E-state index is 6.50. The first-order valence-electron chi connectivity index (χ1n) is 15.8. The number of hydrogen-bond acceptors (Lipinski definition) is 4. The van der Waals surface area contributed by atoms with Crippen LogP contribution in [0.1, 0.15) is 0 Å². The van der Waals surface area contributed by atoms with Crippen molar-refractivity contribution in [2.24, 2.45) is 0 Å². The van der Waals surface area contributed by atoms with Gasteiger partial charge in [-0.3, -0.25) is 4.57 Å². The summed E-state index contributed by atoms with van der Waals surface area (Å²) in [5.74, 6) is 1.53. The van der Waals surface area contributed by atoms with Gasteiger partial charge in [-0.15, -0.1) is 11.3 Å². The van der Waals surface area contributed by atoms with Crippen LogP contribution in [-0.4, -0.2) is 14.5 Å². The van der Waals surface area contributed by atoms with Crippen LogP contribution in [-0.2, 0) is 0 Å². The lowest BCUT2D eigenvalue weighted by molar-refractivity contribution is 0.669. The molecular weight excluding hydrogens is 595 g/mol. The van der Waals surface area contributed by atoms with E-state index in [2.05, 4.69) is 132 Å². The first-order valence-corrected chi connectivity index (χ1v) is 16.6. The number of thiophene rings is 1. The topological polar surface area (TPSA) is 43.9 Å². The van der Waals surface area contributed by atoms with Gasteiger partial charge in [0.05, 0.1) is 26.8 Å². The fourth-order valence-corrected chi connectivity index (χ4v) is 8.59. The molecule has 0 amide bonds. The number of aromatic nitrogens is 3. The number of nitrogens with zero attached hydrogens (tertiary/aromatic N) is 3. The standard InChI is InChI=1S/C42H23N3OS/c1-2-12-26-23-34-32(22-25(26)11-1)37-27-13-4-3-10-24(27)20-21-33(37)45(34)42-40-38(30-15-6-8-19-36(30)47-40)43-41(44-42)31-17-9-16-29-28-14-5-7-18-35(28)46-39(29)31/h1-23H. The molecule has 5 heteroatoms. The van der Waals surface area contributed by atoms with Gasteiger partial charge in [0.1, 0.15) is 11.2 Å². The predicted molar refractivity (Wildman–Crippen MR) is 197 cm³/mol. The zero-order valence-corrected chi connectivity index (χ0v) is 25.8. The van der Waals surface area contributed by atoms with E-state index in [-0.39, 0.29) is 0 Å². The highest BCUT2D eigenvalue weighted by Gasteiger charge is 2.23. The van der Waals surface area contributed by atoms with Crippen molar-refractivity contribution in [3.8, 4) is 17.2 Å². The number of furan rings is 1. The van der Waals surface area contributed by atoms with Crippen LogP contribution in [0.4, 0.5) is 0 Å².